The number of nitrogens with zero attached hydrogens (tertiary/aromatic N) is 2. The molecule has 0 aliphatic carbocycles. The van der Waals surface area contributed by atoms with Gasteiger partial charge in [0.25, 0.3) is 5.91 Å². The number of carbonyl (C=O) groups is 1. The Morgan fingerprint density at radius 2 is 1.69 bits per heavy atom. The molecule has 3 aromatic carbocycles. The van der Waals surface area contributed by atoms with E-state index in [9.17, 15) is 9.18 Å². The lowest BCUT2D eigenvalue weighted by Crippen LogP contribution is -2.47. The van der Waals surface area contributed by atoms with Gasteiger partial charge >= 0.3 is 0 Å². The van der Waals surface area contributed by atoms with Gasteiger partial charge in [0.05, 0.1) is 12.7 Å². The van der Waals surface area contributed by atoms with Gasteiger partial charge in [0.1, 0.15) is 11.6 Å². The van der Waals surface area contributed by atoms with E-state index in [2.05, 4.69) is 4.90 Å². The lowest BCUT2D eigenvalue weighted by atomic mass is 10.00. The average Bonchev–Trinajstić information content (AvgIpc) is 2.83. The smallest absolute Gasteiger partial charge is 0.262 e. The molecule has 0 bridgehead atoms. The Bertz CT molecular complexity index is 1050. The Balaban J connectivity index is 1.54. The molecule has 0 radical (unpaired) electrons. The van der Waals surface area contributed by atoms with Crippen molar-refractivity contribution in [3.63, 3.8) is 0 Å². The van der Waals surface area contributed by atoms with Crippen LogP contribution in [0.5, 0.6) is 5.75 Å². The Kier molecular flexibility index (Phi) is 7.08. The first kappa shape index (κ1) is 22.3. The predicted octanol–water partition coefficient (Wildman–Crippen LogP) is 5.80. The second-order valence-electron chi connectivity index (χ2n) is 7.99. The van der Waals surface area contributed by atoms with Crippen LogP contribution in [-0.2, 0) is 6.54 Å². The van der Waals surface area contributed by atoms with Gasteiger partial charge in [-0.3, -0.25) is 9.69 Å². The molecule has 1 aliphatic heterocycles. The van der Waals surface area contributed by atoms with E-state index >= 15 is 0 Å². The van der Waals surface area contributed by atoms with Gasteiger partial charge in [-0.15, -0.1) is 0 Å². The van der Waals surface area contributed by atoms with Crippen LogP contribution >= 0.6 is 11.6 Å². The van der Waals surface area contributed by atoms with Gasteiger partial charge in [0.2, 0.25) is 0 Å². The highest BCUT2D eigenvalue weighted by atomic mass is 35.5. The number of hydrogen-bond donors (Lipinski definition) is 0. The molecule has 0 N–H and O–H groups in total. The molecule has 0 unspecified atom stereocenters. The van der Waals surface area contributed by atoms with Crippen molar-refractivity contribution in [2.45, 2.75) is 25.4 Å². The molecule has 3 aromatic rings. The van der Waals surface area contributed by atoms with Crippen molar-refractivity contribution in [2.75, 3.05) is 25.1 Å². The molecule has 0 spiro atoms. The van der Waals surface area contributed by atoms with E-state index in [4.69, 9.17) is 16.3 Å². The zero-order valence-corrected chi connectivity index (χ0v) is 18.8. The molecular weight excluding hydrogens is 427 g/mol. The van der Waals surface area contributed by atoms with Crippen LogP contribution in [0.3, 0.4) is 0 Å². The van der Waals surface area contributed by atoms with E-state index in [0.29, 0.717) is 17.0 Å². The Labute approximate surface area is 193 Å². The summed E-state index contributed by atoms with van der Waals surface area (Å²) in [6.07, 6.45) is 1.65. The van der Waals surface area contributed by atoms with Crippen LogP contribution in [0.1, 0.15) is 28.8 Å². The van der Waals surface area contributed by atoms with E-state index in [1.54, 1.807) is 36.3 Å². The second-order valence-corrected chi connectivity index (χ2v) is 8.42. The first-order chi connectivity index (χ1) is 15.5. The van der Waals surface area contributed by atoms with Crippen LogP contribution in [0, 0.1) is 5.82 Å². The molecular formula is C26H26ClFN2O2. The number of rotatable bonds is 6. The van der Waals surface area contributed by atoms with Gasteiger partial charge in [-0.1, -0.05) is 35.9 Å². The van der Waals surface area contributed by atoms with Crippen LogP contribution in [0.4, 0.5) is 10.1 Å². The third-order valence-electron chi connectivity index (χ3n) is 5.90. The average molecular weight is 453 g/mol. The molecule has 1 amide bonds. The molecule has 6 heteroatoms. The lowest BCUT2D eigenvalue weighted by Gasteiger charge is -2.39. The summed E-state index contributed by atoms with van der Waals surface area (Å²) in [5.74, 6) is 0.0752. The molecule has 1 heterocycles. The summed E-state index contributed by atoms with van der Waals surface area (Å²) in [5, 5.41) is 0.734. The fraction of sp³-hybridized carbons (Fsp3) is 0.269. The zero-order chi connectivity index (χ0) is 22.5. The van der Waals surface area contributed by atoms with Gasteiger partial charge in [-0.2, -0.15) is 0 Å². The van der Waals surface area contributed by atoms with Crippen LogP contribution in [0.2, 0.25) is 5.02 Å². The van der Waals surface area contributed by atoms with Crippen LogP contribution in [-0.4, -0.2) is 37.0 Å². The first-order valence-corrected chi connectivity index (χ1v) is 11.1. The number of amides is 1. The van der Waals surface area contributed by atoms with Crippen molar-refractivity contribution in [3.05, 3.63) is 94.8 Å². The number of hydrogen-bond acceptors (Lipinski definition) is 3. The maximum Gasteiger partial charge on any atom is 0.262 e. The summed E-state index contributed by atoms with van der Waals surface area (Å²) in [7, 11) is 1.56. The molecule has 4 rings (SSSR count). The lowest BCUT2D eigenvalue weighted by molar-refractivity contribution is 0.0955. The quantitative estimate of drug-likeness (QED) is 0.474. The van der Waals surface area contributed by atoms with Crippen molar-refractivity contribution in [3.8, 4) is 5.75 Å². The van der Waals surface area contributed by atoms with Gasteiger partial charge < -0.3 is 9.64 Å². The number of halogens is 2. The monoisotopic (exact) mass is 452 g/mol. The summed E-state index contributed by atoms with van der Waals surface area (Å²) in [4.78, 5) is 17.8. The van der Waals surface area contributed by atoms with Crippen LogP contribution < -0.4 is 9.64 Å². The summed E-state index contributed by atoms with van der Waals surface area (Å²) < 4.78 is 19.0. The Morgan fingerprint density at radius 3 is 2.34 bits per heavy atom. The number of likely N-dealkylation sites (tertiary alicyclic amines) is 1. The Hall–Kier alpha value is -2.89. The molecule has 1 fully saturated rings. The highest BCUT2D eigenvalue weighted by Crippen LogP contribution is 2.29. The maximum absolute atomic E-state index is 13.6. The van der Waals surface area contributed by atoms with Crippen molar-refractivity contribution in [1.29, 1.82) is 0 Å². The highest BCUT2D eigenvalue weighted by molar-refractivity contribution is 6.30. The molecule has 1 saturated heterocycles. The van der Waals surface area contributed by atoms with Gasteiger partial charge in [0.15, 0.2) is 0 Å². The third-order valence-corrected chi connectivity index (χ3v) is 6.15. The van der Waals surface area contributed by atoms with Crippen molar-refractivity contribution < 1.29 is 13.9 Å². The first-order valence-electron chi connectivity index (χ1n) is 10.7. The fourth-order valence-electron chi connectivity index (χ4n) is 4.23. The summed E-state index contributed by atoms with van der Waals surface area (Å²) in [6, 6.07) is 21.3. The molecule has 32 heavy (non-hydrogen) atoms. The minimum atomic E-state index is -0.323. The van der Waals surface area contributed by atoms with Crippen molar-refractivity contribution in [1.82, 2.24) is 4.90 Å². The predicted molar refractivity (Wildman–Crippen MR) is 126 cm³/mol. The molecule has 0 saturated carbocycles. The third kappa shape index (κ3) is 5.12. The van der Waals surface area contributed by atoms with Gasteiger partial charge in [-0.05, 0) is 66.9 Å². The van der Waals surface area contributed by atoms with Crippen LogP contribution in [0.25, 0.3) is 0 Å². The van der Waals surface area contributed by atoms with Crippen LogP contribution in [0.15, 0.2) is 72.8 Å². The standard InChI is InChI=1S/C26H26ClFN2O2/c1-32-25-5-3-2-4-24(25)26(31)30(22-12-10-21(28)11-13-22)23-14-16-29(17-15-23)18-19-6-8-20(27)9-7-19/h2-13,23H,14-18H2,1H3. The van der Waals surface area contributed by atoms with Crippen molar-refractivity contribution >= 4 is 23.2 Å². The normalized spacial score (nSPS) is 14.8. The van der Waals surface area contributed by atoms with Gasteiger partial charge in [0, 0.05) is 36.4 Å². The number of anilines is 1. The van der Waals surface area contributed by atoms with E-state index < -0.39 is 0 Å². The summed E-state index contributed by atoms with van der Waals surface area (Å²) in [6.45, 7) is 2.58. The molecule has 4 nitrogen and oxygen atoms in total. The molecule has 166 valence electrons. The Morgan fingerprint density at radius 1 is 1.03 bits per heavy atom. The maximum atomic E-state index is 13.6. The van der Waals surface area contributed by atoms with E-state index in [0.717, 1.165) is 37.5 Å². The van der Waals surface area contributed by atoms with Crippen molar-refractivity contribution in [2.24, 2.45) is 0 Å². The number of benzene rings is 3. The molecule has 0 aromatic heterocycles. The minimum absolute atomic E-state index is 0.0133. The van der Waals surface area contributed by atoms with Gasteiger partial charge in [-0.25, -0.2) is 4.39 Å². The van der Waals surface area contributed by atoms with E-state index in [1.807, 2.05) is 36.4 Å². The largest absolute Gasteiger partial charge is 0.496 e. The topological polar surface area (TPSA) is 32.8 Å². The number of methoxy groups -OCH3 is 1. The second kappa shape index (κ2) is 10.2. The minimum Gasteiger partial charge on any atom is -0.496 e. The van der Waals surface area contributed by atoms with E-state index in [1.165, 1.54) is 17.7 Å². The SMILES string of the molecule is COc1ccccc1C(=O)N(c1ccc(F)cc1)C1CCN(Cc2ccc(Cl)cc2)CC1. The molecule has 0 atom stereocenters. The molecule has 1 aliphatic rings. The fourth-order valence-corrected chi connectivity index (χ4v) is 4.36. The number of piperidine rings is 1. The summed E-state index contributed by atoms with van der Waals surface area (Å²) in [5.41, 5.74) is 2.41. The van der Waals surface area contributed by atoms with E-state index in [-0.39, 0.29) is 17.8 Å². The zero-order valence-electron chi connectivity index (χ0n) is 18.0. The number of para-hydroxylation sites is 1. The number of ether oxygens (including phenoxy) is 1. The highest BCUT2D eigenvalue weighted by Gasteiger charge is 2.31. The summed E-state index contributed by atoms with van der Waals surface area (Å²) >= 11 is 5.99. The number of carbonyl (C=O) groups excluding carboxylic acids is 1.